The number of carbonyl (C=O) groups is 3. The highest BCUT2D eigenvalue weighted by atomic mass is 79.9. The minimum atomic E-state index is -0.489. The van der Waals surface area contributed by atoms with Gasteiger partial charge in [-0.3, -0.25) is 14.4 Å². The van der Waals surface area contributed by atoms with E-state index in [1.807, 2.05) is 84.9 Å². The zero-order chi connectivity index (χ0) is 31.4. The van der Waals surface area contributed by atoms with Crippen LogP contribution >= 0.6 is 27.7 Å². The summed E-state index contributed by atoms with van der Waals surface area (Å²) in [6.45, 7) is 0.437. The summed E-state index contributed by atoms with van der Waals surface area (Å²) in [6, 6.07) is 40.3. The summed E-state index contributed by atoms with van der Waals surface area (Å²) < 4.78 is 6.79. The molecule has 8 heteroatoms. The molecule has 0 bridgehead atoms. The Balaban J connectivity index is 1.28. The Morgan fingerprint density at radius 1 is 0.733 bits per heavy atom. The highest BCUT2D eigenvalue weighted by Crippen LogP contribution is 2.24. The van der Waals surface area contributed by atoms with E-state index < -0.39 is 11.8 Å². The molecule has 2 amide bonds. The molecule has 0 saturated carbocycles. The molecule has 0 aliphatic rings. The Kier molecular flexibility index (Phi) is 11.0. The number of halogens is 1. The summed E-state index contributed by atoms with van der Waals surface area (Å²) in [5, 5.41) is 5.65. The normalized spacial score (nSPS) is 11.0. The van der Waals surface area contributed by atoms with Gasteiger partial charge >= 0.3 is 0 Å². The van der Waals surface area contributed by atoms with Gasteiger partial charge in [0.25, 0.3) is 11.8 Å². The quantitative estimate of drug-likeness (QED) is 0.0787. The van der Waals surface area contributed by atoms with Gasteiger partial charge in [0.05, 0.1) is 5.75 Å². The van der Waals surface area contributed by atoms with E-state index in [-0.39, 0.29) is 17.2 Å². The molecule has 0 aromatic heterocycles. The topological polar surface area (TPSA) is 84.5 Å². The molecule has 0 heterocycles. The second-order valence-electron chi connectivity index (χ2n) is 9.92. The Bertz CT molecular complexity index is 1790. The van der Waals surface area contributed by atoms with Crippen molar-refractivity contribution in [1.29, 1.82) is 0 Å². The van der Waals surface area contributed by atoms with Crippen LogP contribution in [0.1, 0.15) is 31.8 Å². The van der Waals surface area contributed by atoms with Gasteiger partial charge in [-0.25, -0.2) is 0 Å². The molecule has 6 nitrogen and oxygen atoms in total. The van der Waals surface area contributed by atoms with Crippen molar-refractivity contribution in [1.82, 2.24) is 5.32 Å². The molecule has 224 valence electrons. The fourth-order valence-corrected chi connectivity index (χ4v) is 5.35. The monoisotopic (exact) mass is 676 g/mol. The lowest BCUT2D eigenvalue weighted by Gasteiger charge is -2.12. The van der Waals surface area contributed by atoms with E-state index in [0.717, 1.165) is 14.9 Å². The van der Waals surface area contributed by atoms with Crippen molar-refractivity contribution in [2.24, 2.45) is 0 Å². The molecule has 0 atom stereocenters. The van der Waals surface area contributed by atoms with Crippen molar-refractivity contribution >= 4 is 57.1 Å². The van der Waals surface area contributed by atoms with E-state index in [1.54, 1.807) is 54.6 Å². The Morgan fingerprint density at radius 3 is 2.13 bits per heavy atom. The number of nitrogens with one attached hydrogen (secondary N) is 2. The van der Waals surface area contributed by atoms with Crippen LogP contribution in [0.5, 0.6) is 5.75 Å². The second-order valence-corrected chi connectivity index (χ2v) is 11.9. The highest BCUT2D eigenvalue weighted by molar-refractivity contribution is 9.10. The zero-order valence-corrected chi connectivity index (χ0v) is 26.5. The van der Waals surface area contributed by atoms with Gasteiger partial charge < -0.3 is 15.4 Å². The number of benzene rings is 5. The predicted molar refractivity (Wildman–Crippen MR) is 183 cm³/mol. The van der Waals surface area contributed by atoms with Gasteiger partial charge in [-0.05, 0) is 71.8 Å². The van der Waals surface area contributed by atoms with E-state index in [9.17, 15) is 14.4 Å². The summed E-state index contributed by atoms with van der Waals surface area (Å²) in [6.07, 6.45) is 1.62. The molecular weight excluding hydrogens is 648 g/mol. The number of rotatable bonds is 12. The summed E-state index contributed by atoms with van der Waals surface area (Å²) >= 11 is 4.77. The average molecular weight is 678 g/mol. The summed E-state index contributed by atoms with van der Waals surface area (Å²) in [4.78, 5) is 40.0. The van der Waals surface area contributed by atoms with Gasteiger partial charge in [-0.2, -0.15) is 0 Å². The van der Waals surface area contributed by atoms with Crippen molar-refractivity contribution < 1.29 is 19.1 Å². The molecular formula is C37H29BrN2O4S. The lowest BCUT2D eigenvalue weighted by Crippen LogP contribution is -2.30. The predicted octanol–water partition coefficient (Wildman–Crippen LogP) is 8.41. The largest absolute Gasteiger partial charge is 0.489 e. The Labute approximate surface area is 274 Å². The van der Waals surface area contributed by atoms with Gasteiger partial charge in [0.1, 0.15) is 18.1 Å². The van der Waals surface area contributed by atoms with Crippen molar-refractivity contribution in [2.75, 3.05) is 11.1 Å². The van der Waals surface area contributed by atoms with Crippen LogP contribution in [-0.2, 0) is 11.4 Å². The van der Waals surface area contributed by atoms with E-state index in [1.165, 1.54) is 11.8 Å². The first-order valence-corrected chi connectivity index (χ1v) is 15.9. The number of amides is 2. The van der Waals surface area contributed by atoms with Gasteiger partial charge in [-0.15, -0.1) is 11.8 Å². The van der Waals surface area contributed by atoms with E-state index >= 15 is 0 Å². The summed E-state index contributed by atoms with van der Waals surface area (Å²) in [7, 11) is 0. The number of ether oxygens (including phenoxy) is 1. The van der Waals surface area contributed by atoms with Crippen LogP contribution in [-0.4, -0.2) is 23.4 Å². The van der Waals surface area contributed by atoms with Crippen molar-refractivity contribution in [2.45, 2.75) is 11.5 Å². The van der Waals surface area contributed by atoms with Crippen molar-refractivity contribution in [3.05, 3.63) is 166 Å². The molecule has 0 aliphatic carbocycles. The molecule has 5 rings (SSSR count). The van der Waals surface area contributed by atoms with Crippen LogP contribution < -0.4 is 15.4 Å². The third kappa shape index (κ3) is 9.53. The van der Waals surface area contributed by atoms with Crippen LogP contribution in [0.15, 0.2) is 149 Å². The van der Waals surface area contributed by atoms with Crippen molar-refractivity contribution in [3.63, 3.8) is 0 Å². The van der Waals surface area contributed by atoms with Gasteiger partial charge in [0.15, 0.2) is 5.78 Å². The number of hydrogen-bond donors (Lipinski definition) is 2. The van der Waals surface area contributed by atoms with E-state index in [2.05, 4.69) is 26.6 Å². The average Bonchev–Trinajstić information content (AvgIpc) is 3.08. The number of ketones is 1. The molecule has 0 saturated heterocycles. The lowest BCUT2D eigenvalue weighted by molar-refractivity contribution is -0.113. The molecule has 5 aromatic carbocycles. The van der Waals surface area contributed by atoms with Crippen LogP contribution in [0.3, 0.4) is 0 Å². The maximum absolute atomic E-state index is 13.5. The van der Waals surface area contributed by atoms with Crippen LogP contribution in [0.25, 0.3) is 6.08 Å². The molecule has 0 fully saturated rings. The number of thioether (sulfide) groups is 1. The van der Waals surface area contributed by atoms with Crippen molar-refractivity contribution in [3.8, 4) is 5.75 Å². The highest BCUT2D eigenvalue weighted by Gasteiger charge is 2.16. The Morgan fingerprint density at radius 2 is 1.42 bits per heavy atom. The zero-order valence-electron chi connectivity index (χ0n) is 24.1. The van der Waals surface area contributed by atoms with Crippen LogP contribution in [0, 0.1) is 0 Å². The van der Waals surface area contributed by atoms with Gasteiger partial charge in [0.2, 0.25) is 0 Å². The minimum Gasteiger partial charge on any atom is -0.489 e. The summed E-state index contributed by atoms with van der Waals surface area (Å²) in [5.74, 6) is 0.0467. The lowest BCUT2D eigenvalue weighted by atomic mass is 10.1. The molecule has 0 spiro atoms. The number of carbonyl (C=O) groups excluding carboxylic acids is 3. The fourth-order valence-electron chi connectivity index (χ4n) is 4.24. The SMILES string of the molecule is O=C(Nc1cccc(SCC(=O)c2ccc(Br)cc2)c1)/C(=C/c1ccc(OCc2ccccc2)cc1)NC(=O)c1ccccc1. The molecule has 0 unspecified atom stereocenters. The fraction of sp³-hybridized carbons (Fsp3) is 0.0541. The number of anilines is 1. The maximum atomic E-state index is 13.5. The molecule has 45 heavy (non-hydrogen) atoms. The first-order valence-electron chi connectivity index (χ1n) is 14.1. The molecule has 2 N–H and O–H groups in total. The smallest absolute Gasteiger partial charge is 0.272 e. The molecule has 0 aliphatic heterocycles. The third-order valence-corrected chi connectivity index (χ3v) is 8.12. The van der Waals surface area contributed by atoms with Gasteiger partial charge in [-0.1, -0.05) is 94.8 Å². The molecule has 5 aromatic rings. The third-order valence-electron chi connectivity index (χ3n) is 6.60. The van der Waals surface area contributed by atoms with E-state index in [4.69, 9.17) is 4.74 Å². The minimum absolute atomic E-state index is 0.00673. The second kappa shape index (κ2) is 15.7. The Hall–Kier alpha value is -4.92. The maximum Gasteiger partial charge on any atom is 0.272 e. The number of hydrogen-bond acceptors (Lipinski definition) is 5. The summed E-state index contributed by atoms with van der Waals surface area (Å²) in [5.41, 5.74) is 3.43. The van der Waals surface area contributed by atoms with Crippen LogP contribution in [0.2, 0.25) is 0 Å². The first-order chi connectivity index (χ1) is 21.9. The standard InChI is InChI=1S/C37H29BrN2O4S/c38-30-18-16-28(17-19-30)35(41)25-45-33-13-7-12-31(23-33)39-37(43)34(40-36(42)29-10-5-2-6-11-29)22-26-14-20-32(21-15-26)44-24-27-8-3-1-4-9-27/h1-23H,24-25H2,(H,39,43)(H,40,42)/b34-22-. The van der Waals surface area contributed by atoms with Crippen LogP contribution in [0.4, 0.5) is 5.69 Å². The van der Waals surface area contributed by atoms with E-state index in [0.29, 0.717) is 34.7 Å². The first kappa shape index (κ1) is 31.5. The number of Topliss-reactive ketones (excluding diaryl/α,β-unsaturated/α-hetero) is 1. The van der Waals surface area contributed by atoms with Gasteiger partial charge in [0, 0.05) is 26.2 Å². The molecule has 0 radical (unpaired) electrons.